The Hall–Kier alpha value is -3.11. The SMILES string of the molecule is CCOC(=O)c1cn([C@@H]2C[C@@H]2F)c2c(OC)c(F)c(F)c([N+](=O)[O-])c2c1=O. The molecule has 1 aliphatic carbocycles. The summed E-state index contributed by atoms with van der Waals surface area (Å²) in [6, 6.07) is -0.917. The van der Waals surface area contributed by atoms with Crippen molar-refractivity contribution in [2.24, 2.45) is 0 Å². The number of nitro benzene ring substituents is 1. The number of rotatable bonds is 5. The summed E-state index contributed by atoms with van der Waals surface area (Å²) in [7, 11) is 0.969. The van der Waals surface area contributed by atoms with Crippen LogP contribution in [0.15, 0.2) is 11.0 Å². The van der Waals surface area contributed by atoms with Crippen molar-refractivity contribution >= 4 is 22.6 Å². The van der Waals surface area contributed by atoms with E-state index in [9.17, 15) is 32.9 Å². The number of alkyl halides is 1. The van der Waals surface area contributed by atoms with Gasteiger partial charge in [-0.3, -0.25) is 14.9 Å². The number of ether oxygens (including phenoxy) is 2. The maximum atomic E-state index is 14.3. The molecule has 1 saturated carbocycles. The number of hydrogen-bond acceptors (Lipinski definition) is 6. The third kappa shape index (κ3) is 2.78. The second kappa shape index (κ2) is 6.56. The van der Waals surface area contributed by atoms with E-state index in [1.165, 1.54) is 6.92 Å². The molecule has 1 aromatic heterocycles. The summed E-state index contributed by atoms with van der Waals surface area (Å²) in [6.07, 6.45) is -0.491. The number of fused-ring (bicyclic) bond motifs is 1. The van der Waals surface area contributed by atoms with Gasteiger partial charge in [0.25, 0.3) is 0 Å². The molecule has 3 rings (SSSR count). The standard InChI is InChI=1S/C16H13F3N2O6/c1-3-27-16(23)6-5-20(8-4-7(8)17)13-9(14(6)22)12(21(24)25)10(18)11(19)15(13)26-2/h5,7-8H,3-4H2,1-2H3/t7-,8+/m0/s1. The number of aromatic nitrogens is 1. The molecule has 0 aliphatic heterocycles. The van der Waals surface area contributed by atoms with Gasteiger partial charge in [0.1, 0.15) is 22.6 Å². The number of carbonyl (C=O) groups excluding carboxylic acids is 1. The second-order valence-electron chi connectivity index (χ2n) is 5.81. The highest BCUT2D eigenvalue weighted by Crippen LogP contribution is 2.45. The van der Waals surface area contributed by atoms with Gasteiger partial charge in [-0.05, 0) is 6.92 Å². The molecule has 8 nitrogen and oxygen atoms in total. The lowest BCUT2D eigenvalue weighted by Crippen LogP contribution is -2.23. The van der Waals surface area contributed by atoms with Crippen LogP contribution in [0.3, 0.4) is 0 Å². The number of carbonyl (C=O) groups is 1. The number of esters is 1. The molecule has 0 bridgehead atoms. The zero-order valence-corrected chi connectivity index (χ0v) is 14.1. The van der Waals surface area contributed by atoms with Gasteiger partial charge in [-0.25, -0.2) is 9.18 Å². The molecule has 27 heavy (non-hydrogen) atoms. The van der Waals surface area contributed by atoms with Crippen LogP contribution >= 0.6 is 0 Å². The molecular formula is C16H13F3N2O6. The van der Waals surface area contributed by atoms with Gasteiger partial charge in [-0.1, -0.05) is 0 Å². The van der Waals surface area contributed by atoms with Gasteiger partial charge in [-0.2, -0.15) is 8.78 Å². The van der Waals surface area contributed by atoms with Crippen molar-refractivity contribution in [3.8, 4) is 5.75 Å². The van der Waals surface area contributed by atoms with E-state index in [0.29, 0.717) is 0 Å². The fourth-order valence-corrected chi connectivity index (χ4v) is 2.91. The van der Waals surface area contributed by atoms with Gasteiger partial charge < -0.3 is 14.0 Å². The second-order valence-corrected chi connectivity index (χ2v) is 5.81. The number of hydrogen-bond donors (Lipinski definition) is 0. The van der Waals surface area contributed by atoms with Crippen molar-refractivity contribution in [3.63, 3.8) is 0 Å². The topological polar surface area (TPSA) is 101 Å². The van der Waals surface area contributed by atoms with Crippen LogP contribution in [0.1, 0.15) is 29.7 Å². The van der Waals surface area contributed by atoms with E-state index in [1.54, 1.807) is 0 Å². The van der Waals surface area contributed by atoms with Gasteiger partial charge in [0.2, 0.25) is 17.1 Å². The zero-order valence-electron chi connectivity index (χ0n) is 14.1. The molecule has 1 heterocycles. The Labute approximate surface area is 149 Å². The highest BCUT2D eigenvalue weighted by molar-refractivity contribution is 5.99. The predicted molar refractivity (Wildman–Crippen MR) is 85.8 cm³/mol. The molecule has 0 N–H and O–H groups in total. The van der Waals surface area contributed by atoms with Crippen LogP contribution in [0.2, 0.25) is 0 Å². The molecule has 1 aliphatic rings. The molecule has 0 amide bonds. The predicted octanol–water partition coefficient (Wildman–Crippen LogP) is 2.66. The molecule has 0 unspecified atom stereocenters. The van der Waals surface area contributed by atoms with Crippen LogP contribution in [0, 0.1) is 21.7 Å². The highest BCUT2D eigenvalue weighted by Gasteiger charge is 2.43. The first-order chi connectivity index (χ1) is 12.7. The smallest absolute Gasteiger partial charge is 0.343 e. The van der Waals surface area contributed by atoms with E-state index >= 15 is 0 Å². The number of halogens is 3. The highest BCUT2D eigenvalue weighted by atomic mass is 19.2. The van der Waals surface area contributed by atoms with Crippen LogP contribution in [0.5, 0.6) is 5.75 Å². The van der Waals surface area contributed by atoms with E-state index < -0.39 is 68.1 Å². The quantitative estimate of drug-likeness (QED) is 0.445. The first-order valence-corrected chi connectivity index (χ1v) is 7.83. The summed E-state index contributed by atoms with van der Waals surface area (Å²) in [5, 5.41) is 10.4. The fourth-order valence-electron chi connectivity index (χ4n) is 2.91. The van der Waals surface area contributed by atoms with E-state index in [2.05, 4.69) is 0 Å². The number of methoxy groups -OCH3 is 1. The van der Waals surface area contributed by atoms with Crippen LogP contribution in [0.25, 0.3) is 10.9 Å². The third-order valence-electron chi connectivity index (χ3n) is 4.21. The molecule has 0 spiro atoms. The maximum Gasteiger partial charge on any atom is 0.343 e. The molecule has 1 fully saturated rings. The molecule has 2 aromatic rings. The molecule has 1 aromatic carbocycles. The Bertz CT molecular complexity index is 1040. The first-order valence-electron chi connectivity index (χ1n) is 7.83. The number of nitro groups is 1. The largest absolute Gasteiger partial charge is 0.491 e. The van der Waals surface area contributed by atoms with Crippen molar-refractivity contribution in [1.82, 2.24) is 4.57 Å². The minimum Gasteiger partial charge on any atom is -0.491 e. The Balaban J connectivity index is 2.55. The van der Waals surface area contributed by atoms with Gasteiger partial charge in [-0.15, -0.1) is 0 Å². The zero-order chi connectivity index (χ0) is 20.0. The van der Waals surface area contributed by atoms with Crippen molar-refractivity contribution in [2.45, 2.75) is 25.6 Å². The molecule has 11 heteroatoms. The van der Waals surface area contributed by atoms with Crippen LogP contribution in [-0.2, 0) is 4.74 Å². The van der Waals surface area contributed by atoms with Crippen LogP contribution in [0.4, 0.5) is 18.9 Å². The Morgan fingerprint density at radius 2 is 2.04 bits per heavy atom. The minimum absolute atomic E-state index is 0.0316. The lowest BCUT2D eigenvalue weighted by molar-refractivity contribution is -0.386. The van der Waals surface area contributed by atoms with E-state index in [-0.39, 0.29) is 13.0 Å². The lowest BCUT2D eigenvalue weighted by Gasteiger charge is -2.16. The third-order valence-corrected chi connectivity index (χ3v) is 4.21. The van der Waals surface area contributed by atoms with Crippen molar-refractivity contribution < 1.29 is 32.4 Å². The lowest BCUT2D eigenvalue weighted by atomic mass is 10.1. The normalized spacial score (nSPS) is 18.4. The molecular weight excluding hydrogens is 373 g/mol. The van der Waals surface area contributed by atoms with Crippen LogP contribution in [-0.4, -0.2) is 35.3 Å². The van der Waals surface area contributed by atoms with E-state index in [4.69, 9.17) is 9.47 Å². The molecule has 0 radical (unpaired) electrons. The monoisotopic (exact) mass is 386 g/mol. The number of benzene rings is 1. The van der Waals surface area contributed by atoms with Gasteiger partial charge >= 0.3 is 11.7 Å². The van der Waals surface area contributed by atoms with E-state index in [1.807, 2.05) is 0 Å². The first kappa shape index (κ1) is 18.7. The summed E-state index contributed by atoms with van der Waals surface area (Å²) in [6.45, 7) is 1.37. The summed E-state index contributed by atoms with van der Waals surface area (Å²) in [5.41, 5.74) is -3.84. The summed E-state index contributed by atoms with van der Waals surface area (Å²) in [4.78, 5) is 34.8. The summed E-state index contributed by atoms with van der Waals surface area (Å²) < 4.78 is 52.8. The molecule has 144 valence electrons. The summed E-state index contributed by atoms with van der Waals surface area (Å²) in [5.74, 6) is -5.52. The van der Waals surface area contributed by atoms with E-state index in [0.717, 1.165) is 17.9 Å². The Morgan fingerprint density at radius 3 is 2.52 bits per heavy atom. The minimum atomic E-state index is -1.92. The maximum absolute atomic E-state index is 14.3. The van der Waals surface area contributed by atoms with Crippen LogP contribution < -0.4 is 10.2 Å². The van der Waals surface area contributed by atoms with Gasteiger partial charge in [0.15, 0.2) is 5.75 Å². The molecule has 2 atom stereocenters. The number of nitrogens with zero attached hydrogens (tertiary/aromatic N) is 2. The fraction of sp³-hybridized carbons (Fsp3) is 0.375. The Morgan fingerprint density at radius 1 is 1.41 bits per heavy atom. The summed E-state index contributed by atoms with van der Waals surface area (Å²) >= 11 is 0. The van der Waals surface area contributed by atoms with Crippen molar-refractivity contribution in [3.05, 3.63) is 43.7 Å². The Kier molecular flexibility index (Phi) is 4.54. The average Bonchev–Trinajstić information content (AvgIpc) is 3.33. The van der Waals surface area contributed by atoms with Gasteiger partial charge in [0, 0.05) is 12.6 Å². The average molecular weight is 386 g/mol. The van der Waals surface area contributed by atoms with Gasteiger partial charge in [0.05, 0.1) is 24.7 Å². The number of pyridine rings is 1. The molecule has 0 saturated heterocycles. The van der Waals surface area contributed by atoms with Crippen molar-refractivity contribution in [1.29, 1.82) is 0 Å². The van der Waals surface area contributed by atoms with Crippen molar-refractivity contribution in [2.75, 3.05) is 13.7 Å².